The number of amides is 1. The van der Waals surface area contributed by atoms with Gasteiger partial charge in [-0.3, -0.25) is 4.79 Å². The number of rotatable bonds is 2. The summed E-state index contributed by atoms with van der Waals surface area (Å²) in [5.41, 5.74) is 3.65. The summed E-state index contributed by atoms with van der Waals surface area (Å²) in [5, 5.41) is 4.34. The van der Waals surface area contributed by atoms with Crippen LogP contribution in [0.3, 0.4) is 0 Å². The summed E-state index contributed by atoms with van der Waals surface area (Å²) >= 11 is 0. The molecule has 1 aliphatic rings. The minimum atomic E-state index is 0.101. The predicted octanol–water partition coefficient (Wildman–Crippen LogP) is 2.28. The van der Waals surface area contributed by atoms with E-state index in [2.05, 4.69) is 21.4 Å². The van der Waals surface area contributed by atoms with E-state index >= 15 is 0 Å². The highest BCUT2D eigenvalue weighted by Gasteiger charge is 2.18. The van der Waals surface area contributed by atoms with Gasteiger partial charge in [-0.1, -0.05) is 12.1 Å². The van der Waals surface area contributed by atoms with E-state index in [0.717, 1.165) is 53.9 Å². The van der Waals surface area contributed by atoms with Gasteiger partial charge < -0.3 is 15.2 Å². The molecule has 0 bridgehead atoms. The summed E-state index contributed by atoms with van der Waals surface area (Å²) in [7, 11) is 0. The van der Waals surface area contributed by atoms with Gasteiger partial charge in [0.1, 0.15) is 5.65 Å². The zero-order chi connectivity index (χ0) is 15.6. The Morgan fingerprint density at radius 1 is 1.09 bits per heavy atom. The summed E-state index contributed by atoms with van der Waals surface area (Å²) < 4.78 is 0. The molecule has 0 atom stereocenters. The first-order valence-corrected chi connectivity index (χ1v) is 7.85. The number of nitrogens with zero attached hydrogens (tertiary/aromatic N) is 2. The Balaban J connectivity index is 1.66. The standard InChI is InChI=1S/C18H18N4O/c23-18(22-8-6-19-7-9-22)15-3-1-2-13(10-15)16-11-14-4-5-20-17(14)21-12-16/h1-5,10-12,19H,6-9H2,(H,20,21). The zero-order valence-corrected chi connectivity index (χ0v) is 12.7. The second kappa shape index (κ2) is 5.85. The third kappa shape index (κ3) is 2.71. The Hall–Kier alpha value is -2.66. The van der Waals surface area contributed by atoms with Gasteiger partial charge in [0.05, 0.1) is 0 Å². The molecule has 5 heteroatoms. The topological polar surface area (TPSA) is 61.0 Å². The van der Waals surface area contributed by atoms with Crippen LogP contribution in [-0.4, -0.2) is 47.0 Å². The summed E-state index contributed by atoms with van der Waals surface area (Å²) in [6, 6.07) is 11.9. The maximum Gasteiger partial charge on any atom is 0.253 e. The highest BCUT2D eigenvalue weighted by molar-refractivity contribution is 5.95. The molecular formula is C18H18N4O. The van der Waals surface area contributed by atoms with E-state index in [1.54, 1.807) is 0 Å². The number of aromatic amines is 1. The number of H-pyrrole nitrogens is 1. The van der Waals surface area contributed by atoms with Crippen LogP contribution in [0.4, 0.5) is 0 Å². The van der Waals surface area contributed by atoms with Crippen molar-refractivity contribution in [1.82, 2.24) is 20.2 Å². The molecule has 23 heavy (non-hydrogen) atoms. The van der Waals surface area contributed by atoms with E-state index in [-0.39, 0.29) is 5.91 Å². The van der Waals surface area contributed by atoms with Gasteiger partial charge in [0.15, 0.2) is 0 Å². The van der Waals surface area contributed by atoms with Gasteiger partial charge in [-0.2, -0.15) is 0 Å². The van der Waals surface area contributed by atoms with Crippen LogP contribution >= 0.6 is 0 Å². The molecule has 0 radical (unpaired) electrons. The predicted molar refractivity (Wildman–Crippen MR) is 90.3 cm³/mol. The van der Waals surface area contributed by atoms with Gasteiger partial charge in [0.25, 0.3) is 5.91 Å². The lowest BCUT2D eigenvalue weighted by atomic mass is 10.0. The molecule has 2 N–H and O–H groups in total. The van der Waals surface area contributed by atoms with Crippen molar-refractivity contribution < 1.29 is 4.79 Å². The Kier molecular flexibility index (Phi) is 3.55. The van der Waals surface area contributed by atoms with Gasteiger partial charge in [-0.25, -0.2) is 4.98 Å². The number of carbonyl (C=O) groups is 1. The number of nitrogens with one attached hydrogen (secondary N) is 2. The van der Waals surface area contributed by atoms with Crippen molar-refractivity contribution in [3.8, 4) is 11.1 Å². The lowest BCUT2D eigenvalue weighted by molar-refractivity contribution is 0.0736. The van der Waals surface area contributed by atoms with Crippen LogP contribution in [0.25, 0.3) is 22.2 Å². The van der Waals surface area contributed by atoms with Crippen LogP contribution in [0.15, 0.2) is 48.8 Å². The first kappa shape index (κ1) is 14.0. The number of pyridine rings is 1. The lowest BCUT2D eigenvalue weighted by Crippen LogP contribution is -2.46. The Morgan fingerprint density at radius 3 is 2.83 bits per heavy atom. The Morgan fingerprint density at radius 2 is 1.96 bits per heavy atom. The summed E-state index contributed by atoms with van der Waals surface area (Å²) in [6.07, 6.45) is 3.72. The second-order valence-electron chi connectivity index (χ2n) is 5.76. The van der Waals surface area contributed by atoms with Gasteiger partial charge in [0.2, 0.25) is 0 Å². The van der Waals surface area contributed by atoms with E-state index in [1.807, 2.05) is 47.6 Å². The quantitative estimate of drug-likeness (QED) is 0.763. The van der Waals surface area contributed by atoms with E-state index in [4.69, 9.17) is 0 Å². The fraction of sp³-hybridized carbons (Fsp3) is 0.222. The molecule has 1 fully saturated rings. The van der Waals surface area contributed by atoms with Crippen LogP contribution < -0.4 is 5.32 Å². The van der Waals surface area contributed by atoms with Crippen molar-refractivity contribution in [2.75, 3.05) is 26.2 Å². The van der Waals surface area contributed by atoms with Crippen molar-refractivity contribution in [1.29, 1.82) is 0 Å². The molecule has 3 heterocycles. The number of aromatic nitrogens is 2. The van der Waals surface area contributed by atoms with Gasteiger partial charge in [-0.05, 0) is 29.8 Å². The van der Waals surface area contributed by atoms with Gasteiger partial charge in [0, 0.05) is 55.1 Å². The molecule has 1 aliphatic heterocycles. The molecule has 1 saturated heterocycles. The molecule has 3 aromatic rings. The van der Waals surface area contributed by atoms with Gasteiger partial charge in [-0.15, -0.1) is 0 Å². The molecule has 116 valence electrons. The van der Waals surface area contributed by atoms with E-state index < -0.39 is 0 Å². The van der Waals surface area contributed by atoms with E-state index in [9.17, 15) is 4.79 Å². The van der Waals surface area contributed by atoms with Crippen molar-refractivity contribution in [3.63, 3.8) is 0 Å². The number of hydrogen-bond acceptors (Lipinski definition) is 3. The van der Waals surface area contributed by atoms with Crippen molar-refractivity contribution >= 4 is 16.9 Å². The average molecular weight is 306 g/mol. The first-order valence-electron chi connectivity index (χ1n) is 7.85. The van der Waals surface area contributed by atoms with Crippen LogP contribution in [0, 0.1) is 0 Å². The molecule has 0 spiro atoms. The minimum Gasteiger partial charge on any atom is -0.346 e. The number of piperazine rings is 1. The molecular weight excluding hydrogens is 288 g/mol. The maximum absolute atomic E-state index is 12.6. The average Bonchev–Trinajstić information content (AvgIpc) is 3.09. The molecule has 0 saturated carbocycles. The van der Waals surface area contributed by atoms with Crippen molar-refractivity contribution in [2.45, 2.75) is 0 Å². The summed E-state index contributed by atoms with van der Waals surface area (Å²) in [6.45, 7) is 3.25. The largest absolute Gasteiger partial charge is 0.346 e. The Bertz CT molecular complexity index is 849. The summed E-state index contributed by atoms with van der Waals surface area (Å²) in [5.74, 6) is 0.101. The zero-order valence-electron chi connectivity index (χ0n) is 12.7. The fourth-order valence-electron chi connectivity index (χ4n) is 2.98. The van der Waals surface area contributed by atoms with Crippen LogP contribution in [0.1, 0.15) is 10.4 Å². The minimum absolute atomic E-state index is 0.101. The van der Waals surface area contributed by atoms with Crippen molar-refractivity contribution in [3.05, 3.63) is 54.4 Å². The maximum atomic E-state index is 12.6. The smallest absolute Gasteiger partial charge is 0.253 e. The fourth-order valence-corrected chi connectivity index (χ4v) is 2.98. The summed E-state index contributed by atoms with van der Waals surface area (Å²) in [4.78, 5) is 22.1. The number of fused-ring (bicyclic) bond motifs is 1. The van der Waals surface area contributed by atoms with Crippen LogP contribution in [0.5, 0.6) is 0 Å². The highest BCUT2D eigenvalue weighted by Crippen LogP contribution is 2.23. The monoisotopic (exact) mass is 306 g/mol. The second-order valence-corrected chi connectivity index (χ2v) is 5.76. The Labute approximate surface area is 134 Å². The van der Waals surface area contributed by atoms with Crippen LogP contribution in [0.2, 0.25) is 0 Å². The number of carbonyl (C=O) groups excluding carboxylic acids is 1. The number of hydrogen-bond donors (Lipinski definition) is 2. The van der Waals surface area contributed by atoms with Crippen molar-refractivity contribution in [2.24, 2.45) is 0 Å². The molecule has 0 unspecified atom stereocenters. The lowest BCUT2D eigenvalue weighted by Gasteiger charge is -2.27. The molecule has 1 aromatic carbocycles. The SMILES string of the molecule is O=C(c1cccc(-c2cnc3[nH]ccc3c2)c1)N1CCNCC1. The number of benzene rings is 1. The third-order valence-corrected chi connectivity index (χ3v) is 4.25. The molecule has 2 aromatic heterocycles. The normalized spacial score (nSPS) is 15.0. The first-order chi connectivity index (χ1) is 11.3. The van der Waals surface area contributed by atoms with Gasteiger partial charge >= 0.3 is 0 Å². The van der Waals surface area contributed by atoms with E-state index in [0.29, 0.717) is 0 Å². The van der Waals surface area contributed by atoms with Crippen LogP contribution in [-0.2, 0) is 0 Å². The molecule has 1 amide bonds. The molecule has 5 nitrogen and oxygen atoms in total. The molecule has 4 rings (SSSR count). The molecule has 0 aliphatic carbocycles. The third-order valence-electron chi connectivity index (χ3n) is 4.25. The van der Waals surface area contributed by atoms with E-state index in [1.165, 1.54) is 0 Å². The highest BCUT2D eigenvalue weighted by atomic mass is 16.2.